The molecule has 0 saturated heterocycles. The standard InChI is InChI=1S/C11H12NO.ClHO4/c1-10-4-6-12(7-5-10)9-11-3-2-8-13-11;2-1(3,4)5/h2-8H,9H2,1H3;(H,2,3,4,5)/q+1;/p-1. The van der Waals surface area contributed by atoms with Crippen LogP contribution in [0.4, 0.5) is 0 Å². The fourth-order valence-corrected chi connectivity index (χ4v) is 1.22. The van der Waals surface area contributed by atoms with E-state index in [0.29, 0.717) is 0 Å². The first-order chi connectivity index (χ1) is 8.34. The average molecular weight is 274 g/mol. The van der Waals surface area contributed by atoms with E-state index in [1.54, 1.807) is 6.26 Å². The van der Waals surface area contributed by atoms with Gasteiger partial charge < -0.3 is 4.42 Å². The summed E-state index contributed by atoms with van der Waals surface area (Å²) in [5, 5.41) is 0. The molecule has 0 amide bonds. The fourth-order valence-electron chi connectivity index (χ4n) is 1.22. The van der Waals surface area contributed by atoms with Gasteiger partial charge in [-0.25, -0.2) is 18.6 Å². The van der Waals surface area contributed by atoms with Crippen molar-refractivity contribution in [2.24, 2.45) is 0 Å². The second-order valence-corrected chi connectivity index (χ2v) is 4.26. The van der Waals surface area contributed by atoms with Gasteiger partial charge in [-0.1, -0.05) is 0 Å². The number of pyridine rings is 1. The predicted molar refractivity (Wildman–Crippen MR) is 49.2 cm³/mol. The number of nitrogens with zero attached hydrogens (tertiary/aromatic N) is 1. The van der Waals surface area contributed by atoms with Crippen LogP contribution in [0.15, 0.2) is 47.3 Å². The molecular weight excluding hydrogens is 262 g/mol. The lowest BCUT2D eigenvalue weighted by Crippen LogP contribution is -2.68. The second kappa shape index (κ2) is 6.48. The van der Waals surface area contributed by atoms with Gasteiger partial charge in [0.1, 0.15) is 0 Å². The molecule has 0 N–H and O–H groups in total. The first kappa shape index (κ1) is 14.6. The van der Waals surface area contributed by atoms with E-state index in [1.165, 1.54) is 5.56 Å². The minimum Gasteiger partial charge on any atom is -0.463 e. The zero-order valence-electron chi connectivity index (χ0n) is 9.61. The summed E-state index contributed by atoms with van der Waals surface area (Å²) in [6.07, 6.45) is 5.81. The summed E-state index contributed by atoms with van der Waals surface area (Å²) < 4.78 is 41.3. The van der Waals surface area contributed by atoms with Gasteiger partial charge in [0, 0.05) is 12.1 Å². The first-order valence-corrected chi connectivity index (χ1v) is 6.18. The molecule has 7 heteroatoms. The number of rotatable bonds is 2. The smallest absolute Gasteiger partial charge is 0.205 e. The summed E-state index contributed by atoms with van der Waals surface area (Å²) in [7, 11) is -4.94. The largest absolute Gasteiger partial charge is 0.463 e. The van der Waals surface area contributed by atoms with Crippen LogP contribution in [0.1, 0.15) is 11.3 Å². The van der Waals surface area contributed by atoms with Crippen molar-refractivity contribution in [1.82, 2.24) is 0 Å². The topological polar surface area (TPSA) is 109 Å². The van der Waals surface area contributed by atoms with E-state index in [1.807, 2.05) is 12.1 Å². The molecule has 2 aromatic rings. The number of aromatic nitrogens is 1. The maximum Gasteiger partial charge on any atom is 0.205 e. The third-order valence-electron chi connectivity index (χ3n) is 1.98. The maximum absolute atomic E-state index is 8.49. The highest BCUT2D eigenvalue weighted by molar-refractivity contribution is 5.03. The minimum atomic E-state index is -4.94. The highest BCUT2D eigenvalue weighted by Gasteiger charge is 2.02. The van der Waals surface area contributed by atoms with E-state index in [4.69, 9.17) is 23.1 Å². The average Bonchev–Trinajstić information content (AvgIpc) is 2.72. The highest BCUT2D eigenvalue weighted by atomic mass is 35.7. The Morgan fingerprint density at radius 1 is 1.11 bits per heavy atom. The fraction of sp³-hybridized carbons (Fsp3) is 0.182. The lowest BCUT2D eigenvalue weighted by molar-refractivity contribution is -2.00. The zero-order valence-corrected chi connectivity index (χ0v) is 10.4. The van der Waals surface area contributed by atoms with Crippen LogP contribution < -0.4 is 23.2 Å². The molecule has 6 nitrogen and oxygen atoms in total. The van der Waals surface area contributed by atoms with Gasteiger partial charge in [0.05, 0.1) is 6.26 Å². The van der Waals surface area contributed by atoms with Crippen LogP contribution in [-0.2, 0) is 6.54 Å². The molecule has 0 atom stereocenters. The van der Waals surface area contributed by atoms with Crippen molar-refractivity contribution in [3.8, 4) is 0 Å². The molecule has 2 rings (SSSR count). The number of aryl methyl sites for hydroxylation is 1. The van der Waals surface area contributed by atoms with Crippen molar-refractivity contribution in [2.45, 2.75) is 13.5 Å². The lowest BCUT2D eigenvalue weighted by atomic mass is 10.3. The summed E-state index contributed by atoms with van der Waals surface area (Å²) >= 11 is 0. The van der Waals surface area contributed by atoms with Crippen molar-refractivity contribution < 1.29 is 37.9 Å². The molecule has 0 aliphatic rings. The lowest BCUT2D eigenvalue weighted by Gasteiger charge is -2.17. The molecule has 2 heterocycles. The maximum atomic E-state index is 8.49. The van der Waals surface area contributed by atoms with Crippen LogP contribution in [0.25, 0.3) is 0 Å². The molecule has 0 aliphatic carbocycles. The van der Waals surface area contributed by atoms with E-state index in [0.717, 1.165) is 12.3 Å². The Labute approximate surface area is 106 Å². The molecule has 0 fully saturated rings. The van der Waals surface area contributed by atoms with Crippen molar-refractivity contribution in [1.29, 1.82) is 0 Å². The summed E-state index contributed by atoms with van der Waals surface area (Å²) in [5.74, 6) is 0.980. The molecular formula is C11H12ClNO5. The molecule has 0 spiro atoms. The molecule has 18 heavy (non-hydrogen) atoms. The Bertz CT molecular complexity index is 443. The van der Waals surface area contributed by atoms with E-state index < -0.39 is 10.2 Å². The SMILES string of the molecule is Cc1cc[n+](Cc2ccco2)cc1.[O-][Cl+3]([O-])([O-])[O-]. The predicted octanol–water partition coefficient (Wildman–Crippen LogP) is -2.83. The Morgan fingerprint density at radius 3 is 2.11 bits per heavy atom. The summed E-state index contributed by atoms with van der Waals surface area (Å²) in [6, 6.07) is 8.06. The summed E-state index contributed by atoms with van der Waals surface area (Å²) in [6.45, 7) is 2.88. The van der Waals surface area contributed by atoms with Gasteiger partial charge >= 0.3 is 0 Å². The van der Waals surface area contributed by atoms with E-state index in [2.05, 4.69) is 36.0 Å². The molecule has 0 unspecified atom stereocenters. The first-order valence-electron chi connectivity index (χ1n) is 4.94. The van der Waals surface area contributed by atoms with Crippen LogP contribution in [-0.4, -0.2) is 0 Å². The third kappa shape index (κ3) is 7.00. The molecule has 0 aromatic carbocycles. The van der Waals surface area contributed by atoms with Crippen LogP contribution in [0.2, 0.25) is 0 Å². The Hall–Kier alpha value is -1.44. The van der Waals surface area contributed by atoms with Crippen LogP contribution in [0.3, 0.4) is 0 Å². The minimum absolute atomic E-state index is 0.799. The normalized spacial score (nSPS) is 10.7. The zero-order chi connectivity index (χ0) is 13.6. The van der Waals surface area contributed by atoms with Gasteiger partial charge in [0.15, 0.2) is 18.2 Å². The molecule has 0 aliphatic heterocycles. The quantitative estimate of drug-likeness (QED) is 0.548. The van der Waals surface area contributed by atoms with Crippen molar-refractivity contribution in [2.75, 3.05) is 0 Å². The molecule has 98 valence electrons. The van der Waals surface area contributed by atoms with Crippen LogP contribution in [0.5, 0.6) is 0 Å². The van der Waals surface area contributed by atoms with E-state index >= 15 is 0 Å². The van der Waals surface area contributed by atoms with Gasteiger partial charge in [-0.05, 0) is 24.6 Å². The van der Waals surface area contributed by atoms with Crippen molar-refractivity contribution in [3.63, 3.8) is 0 Å². The van der Waals surface area contributed by atoms with Crippen molar-refractivity contribution >= 4 is 0 Å². The van der Waals surface area contributed by atoms with E-state index in [-0.39, 0.29) is 0 Å². The van der Waals surface area contributed by atoms with Crippen molar-refractivity contribution in [3.05, 3.63) is 54.2 Å². The molecule has 0 saturated carbocycles. The molecule has 0 bridgehead atoms. The van der Waals surface area contributed by atoms with Crippen LogP contribution >= 0.6 is 0 Å². The van der Waals surface area contributed by atoms with Gasteiger partial charge in [-0.2, -0.15) is 4.57 Å². The third-order valence-corrected chi connectivity index (χ3v) is 1.98. The summed E-state index contributed by atoms with van der Waals surface area (Å²) in [5.41, 5.74) is 1.27. The molecule has 0 radical (unpaired) electrons. The summed E-state index contributed by atoms with van der Waals surface area (Å²) in [4.78, 5) is 0. The van der Waals surface area contributed by atoms with E-state index in [9.17, 15) is 0 Å². The Balaban J connectivity index is 0.000000280. The number of halogens is 1. The second-order valence-electron chi connectivity index (χ2n) is 3.51. The highest BCUT2D eigenvalue weighted by Crippen LogP contribution is 1.98. The van der Waals surface area contributed by atoms with Crippen LogP contribution in [0, 0.1) is 17.2 Å². The van der Waals surface area contributed by atoms with Gasteiger partial charge in [-0.15, -0.1) is 10.2 Å². The van der Waals surface area contributed by atoms with Gasteiger partial charge in [-0.3, -0.25) is 0 Å². The molecule has 2 aromatic heterocycles. The van der Waals surface area contributed by atoms with Gasteiger partial charge in [0.2, 0.25) is 6.54 Å². The Kier molecular flexibility index (Phi) is 5.26. The monoisotopic (exact) mass is 273 g/mol. The number of furan rings is 1. The number of hydrogen-bond donors (Lipinski definition) is 0. The van der Waals surface area contributed by atoms with Gasteiger partial charge in [0.25, 0.3) is 0 Å². The Morgan fingerprint density at radius 2 is 1.67 bits per heavy atom. The number of hydrogen-bond acceptors (Lipinski definition) is 5.